The quantitative estimate of drug-likeness (QED) is 0.425. The fourth-order valence-electron chi connectivity index (χ4n) is 6.20. The summed E-state index contributed by atoms with van der Waals surface area (Å²) < 4.78 is 73.9. The van der Waals surface area contributed by atoms with Crippen molar-refractivity contribution in [2.75, 3.05) is 13.1 Å². The summed E-state index contributed by atoms with van der Waals surface area (Å²) in [5.74, 6) is 0.702. The smallest absolute Gasteiger partial charge is 0.402 e. The van der Waals surface area contributed by atoms with E-state index in [4.69, 9.17) is 27.6 Å². The molecule has 1 saturated heterocycles. The van der Waals surface area contributed by atoms with Gasteiger partial charge in [-0.2, -0.15) is 30.6 Å². The third-order valence-electron chi connectivity index (χ3n) is 7.86. The van der Waals surface area contributed by atoms with Crippen LogP contribution in [0, 0.1) is 11.8 Å². The third kappa shape index (κ3) is 4.46. The summed E-state index contributed by atoms with van der Waals surface area (Å²) in [6.45, 7) is -1.65. The van der Waals surface area contributed by atoms with Gasteiger partial charge in [0.1, 0.15) is 6.54 Å². The molecule has 0 unspecified atom stereocenters. The van der Waals surface area contributed by atoms with Crippen LogP contribution in [0.1, 0.15) is 24.0 Å². The monoisotopic (exact) mass is 571 g/mol. The lowest BCUT2D eigenvalue weighted by Gasteiger charge is -2.33. The summed E-state index contributed by atoms with van der Waals surface area (Å²) >= 11 is 12.3. The van der Waals surface area contributed by atoms with Crippen LogP contribution in [0.25, 0.3) is 22.8 Å². The van der Waals surface area contributed by atoms with Gasteiger partial charge in [0, 0.05) is 22.7 Å². The number of rotatable bonds is 3. The molecule has 2 fully saturated rings. The number of nitrogens with zero attached hydrogens (tertiary/aromatic N) is 2. The number of alkyl halides is 3. The molecular formula is C25H22Cl2F3N3O3S. The van der Waals surface area contributed by atoms with E-state index in [1.165, 1.54) is 0 Å². The molecule has 196 valence electrons. The molecule has 1 N–H and O–H groups in total. The lowest BCUT2D eigenvalue weighted by atomic mass is 9.79. The molecule has 0 amide bonds. The molecular weight excluding hydrogens is 550 g/mol. The van der Waals surface area contributed by atoms with Gasteiger partial charge >= 0.3 is 6.18 Å². The number of oxazole rings is 1. The van der Waals surface area contributed by atoms with Crippen LogP contribution >= 0.6 is 23.2 Å². The minimum absolute atomic E-state index is 0.0852. The predicted molar refractivity (Wildman–Crippen MR) is 133 cm³/mol. The van der Waals surface area contributed by atoms with Crippen molar-refractivity contribution in [3.05, 3.63) is 63.8 Å². The zero-order valence-electron chi connectivity index (χ0n) is 19.4. The van der Waals surface area contributed by atoms with Crippen LogP contribution < -0.4 is 4.72 Å². The van der Waals surface area contributed by atoms with Crippen molar-refractivity contribution in [2.45, 2.75) is 37.4 Å². The minimum Gasteiger partial charge on any atom is -0.436 e. The molecule has 1 aliphatic heterocycles. The Hall–Kier alpha value is -2.11. The SMILES string of the molecule is O=S1(=O)N[C@]2(CN1CC(F)(F)F)[C@@H]1CC[C@H]2Cc2cc(-c3ncc(-c4ccc(Cl)cc4Cl)o3)ccc2C1. The van der Waals surface area contributed by atoms with Crippen molar-refractivity contribution >= 4 is 33.4 Å². The van der Waals surface area contributed by atoms with Crippen molar-refractivity contribution in [1.29, 1.82) is 0 Å². The summed E-state index contributed by atoms with van der Waals surface area (Å²) in [6.07, 6.45) is -0.360. The molecule has 6 nitrogen and oxygen atoms in total. The van der Waals surface area contributed by atoms with Crippen LogP contribution in [-0.2, 0) is 23.1 Å². The summed E-state index contributed by atoms with van der Waals surface area (Å²) in [4.78, 5) is 4.42. The van der Waals surface area contributed by atoms with Gasteiger partial charge < -0.3 is 4.42 Å². The highest BCUT2D eigenvalue weighted by Crippen LogP contribution is 2.51. The minimum atomic E-state index is -4.60. The Kier molecular flexibility index (Phi) is 5.93. The van der Waals surface area contributed by atoms with Crippen LogP contribution in [0.4, 0.5) is 13.2 Å². The van der Waals surface area contributed by atoms with Crippen LogP contribution in [0.5, 0.6) is 0 Å². The fraction of sp³-hybridized carbons (Fsp3) is 0.400. The molecule has 0 radical (unpaired) electrons. The van der Waals surface area contributed by atoms with Crippen LogP contribution in [0.3, 0.4) is 0 Å². The lowest BCUT2D eigenvalue weighted by molar-refractivity contribution is -0.136. The Morgan fingerprint density at radius 1 is 1.08 bits per heavy atom. The molecule has 2 bridgehead atoms. The number of nitrogens with one attached hydrogen (secondary N) is 1. The second kappa shape index (κ2) is 8.71. The van der Waals surface area contributed by atoms with E-state index in [1.54, 1.807) is 24.4 Å². The predicted octanol–water partition coefficient (Wildman–Crippen LogP) is 5.89. The van der Waals surface area contributed by atoms with Gasteiger partial charge in [-0.3, -0.25) is 0 Å². The highest BCUT2D eigenvalue weighted by atomic mass is 35.5. The molecule has 1 spiro atoms. The Balaban J connectivity index is 1.29. The number of hydrogen-bond acceptors (Lipinski definition) is 4. The van der Waals surface area contributed by atoms with Gasteiger partial charge in [-0.05, 0) is 79.0 Å². The van der Waals surface area contributed by atoms with Gasteiger partial charge in [-0.15, -0.1) is 0 Å². The molecule has 1 saturated carbocycles. The molecule has 2 aliphatic carbocycles. The Morgan fingerprint density at radius 2 is 1.81 bits per heavy atom. The molecule has 3 aliphatic rings. The zero-order valence-corrected chi connectivity index (χ0v) is 21.7. The molecule has 2 heterocycles. The second-order valence-electron chi connectivity index (χ2n) is 10.0. The highest BCUT2D eigenvalue weighted by molar-refractivity contribution is 7.87. The summed E-state index contributed by atoms with van der Waals surface area (Å²) in [5.41, 5.74) is 2.60. The standard InChI is InChI=1S/C25H22Cl2F3N3O3S/c26-19-5-6-20(21(27)10-19)22-11-31-23(36-22)15-2-1-14-8-17-3-4-18(9-16(14)7-15)24(17)12-33(13-25(28,29)30)37(34,35)32-24/h1-2,5-7,10-11,17-18,32H,3-4,8-9,12-13H2/t17-,18+,24-/m1/s1. The van der Waals surface area contributed by atoms with E-state index in [-0.39, 0.29) is 18.4 Å². The maximum absolute atomic E-state index is 13.1. The van der Waals surface area contributed by atoms with Crippen LogP contribution in [0.2, 0.25) is 10.0 Å². The fourth-order valence-corrected chi connectivity index (χ4v) is 8.41. The Morgan fingerprint density at radius 3 is 2.51 bits per heavy atom. The molecule has 3 aromatic rings. The lowest BCUT2D eigenvalue weighted by Crippen LogP contribution is -2.52. The number of fused-ring (bicyclic) bond motifs is 1. The first-order valence-corrected chi connectivity index (χ1v) is 14.0. The maximum atomic E-state index is 13.1. The first kappa shape index (κ1) is 25.2. The van der Waals surface area contributed by atoms with E-state index in [0.717, 1.165) is 29.5 Å². The summed E-state index contributed by atoms with van der Waals surface area (Å²) in [6, 6.07) is 11.0. The van der Waals surface area contributed by atoms with E-state index in [1.807, 2.05) is 18.2 Å². The second-order valence-corrected chi connectivity index (χ2v) is 12.6. The van der Waals surface area contributed by atoms with Gasteiger partial charge in [0.05, 0.1) is 16.8 Å². The van der Waals surface area contributed by atoms with E-state index in [0.29, 0.717) is 44.4 Å². The van der Waals surface area contributed by atoms with Crippen LogP contribution in [0.15, 0.2) is 47.0 Å². The van der Waals surface area contributed by atoms with Crippen molar-refractivity contribution in [2.24, 2.45) is 11.8 Å². The Labute approximate surface area is 222 Å². The number of benzene rings is 2. The average Bonchev–Trinajstić information content (AvgIpc) is 3.42. The zero-order chi connectivity index (χ0) is 26.2. The van der Waals surface area contributed by atoms with Gasteiger partial charge in [-0.25, -0.2) is 4.98 Å². The molecule has 1 aromatic heterocycles. The molecule has 3 atom stereocenters. The summed E-state index contributed by atoms with van der Waals surface area (Å²) in [5, 5.41) is 0.953. The first-order valence-electron chi connectivity index (χ1n) is 11.8. The van der Waals surface area contributed by atoms with Crippen molar-refractivity contribution in [3.8, 4) is 22.8 Å². The van der Waals surface area contributed by atoms with Gasteiger partial charge in [-0.1, -0.05) is 29.3 Å². The van der Waals surface area contributed by atoms with Crippen LogP contribution in [-0.4, -0.2) is 42.5 Å². The Bertz CT molecular complexity index is 1490. The largest absolute Gasteiger partial charge is 0.436 e. The number of hydrogen-bond donors (Lipinski definition) is 1. The highest BCUT2D eigenvalue weighted by Gasteiger charge is 2.60. The molecule has 37 heavy (non-hydrogen) atoms. The van der Waals surface area contributed by atoms with Crippen molar-refractivity contribution in [1.82, 2.24) is 14.0 Å². The average molecular weight is 572 g/mol. The topological polar surface area (TPSA) is 75.4 Å². The maximum Gasteiger partial charge on any atom is 0.402 e. The van der Waals surface area contributed by atoms with E-state index in [9.17, 15) is 21.6 Å². The first-order chi connectivity index (χ1) is 17.4. The number of halogens is 5. The van der Waals surface area contributed by atoms with Gasteiger partial charge in [0.25, 0.3) is 10.2 Å². The number of aromatic nitrogens is 1. The van der Waals surface area contributed by atoms with E-state index < -0.39 is 28.5 Å². The van der Waals surface area contributed by atoms with E-state index in [2.05, 4.69) is 9.71 Å². The van der Waals surface area contributed by atoms with Crippen molar-refractivity contribution < 1.29 is 26.0 Å². The van der Waals surface area contributed by atoms with Gasteiger partial charge in [0.2, 0.25) is 5.89 Å². The molecule has 6 rings (SSSR count). The molecule has 2 aromatic carbocycles. The molecule has 12 heteroatoms. The summed E-state index contributed by atoms with van der Waals surface area (Å²) in [7, 11) is -4.22. The third-order valence-corrected chi connectivity index (χ3v) is 9.99. The van der Waals surface area contributed by atoms with Gasteiger partial charge in [0.15, 0.2) is 5.76 Å². The van der Waals surface area contributed by atoms with E-state index >= 15 is 0 Å². The normalized spacial score (nSPS) is 26.9. The van der Waals surface area contributed by atoms with Crippen molar-refractivity contribution in [3.63, 3.8) is 0 Å².